The minimum Gasteiger partial charge on any atom is -0.307 e. The van der Waals surface area contributed by atoms with E-state index in [2.05, 4.69) is 0 Å². The Morgan fingerprint density at radius 1 is 1.14 bits per heavy atom. The Bertz CT molecular complexity index is 340. The molecule has 0 amide bonds. The van der Waals surface area contributed by atoms with Gasteiger partial charge in [-0.1, -0.05) is 62.5 Å². The van der Waals surface area contributed by atoms with Crippen LogP contribution in [0.1, 0.15) is 20.8 Å². The number of hydrogen-bond acceptors (Lipinski definition) is 2. The Kier molecular flexibility index (Phi) is 3.49. The third-order valence-corrected chi connectivity index (χ3v) is 9.31. The molecular weight excluding hydrogens is 211 g/mol. The molecular formula is C11H17OPS. The average Bonchev–Trinajstić information content (AvgIpc) is 2.16. The van der Waals surface area contributed by atoms with Gasteiger partial charge in [-0.2, -0.15) is 0 Å². The number of rotatable bonds is 2. The highest BCUT2D eigenvalue weighted by atomic mass is 32.7. The highest BCUT2D eigenvalue weighted by Gasteiger charge is 2.37. The zero-order valence-electron chi connectivity index (χ0n) is 9.15. The quantitative estimate of drug-likeness (QED) is 0.717. The van der Waals surface area contributed by atoms with E-state index in [1.54, 1.807) is 0 Å². The summed E-state index contributed by atoms with van der Waals surface area (Å²) in [6.45, 7) is 6.12. The van der Waals surface area contributed by atoms with Crippen LogP contribution in [0, 0.1) is 0 Å². The van der Waals surface area contributed by atoms with Gasteiger partial charge >= 0.3 is 0 Å². The first kappa shape index (κ1) is 11.9. The largest absolute Gasteiger partial charge is 0.307 e. The Hall–Kier alpha value is -0.200. The van der Waals surface area contributed by atoms with Crippen molar-refractivity contribution in [3.05, 3.63) is 30.3 Å². The monoisotopic (exact) mass is 228 g/mol. The zero-order chi connectivity index (χ0) is 10.8. The highest BCUT2D eigenvalue weighted by Crippen LogP contribution is 2.65. The molecule has 0 heterocycles. The van der Waals surface area contributed by atoms with E-state index in [1.165, 1.54) is 11.4 Å². The van der Waals surface area contributed by atoms with E-state index in [0.717, 1.165) is 5.30 Å². The van der Waals surface area contributed by atoms with E-state index in [9.17, 15) is 4.57 Å². The van der Waals surface area contributed by atoms with Crippen molar-refractivity contribution >= 4 is 23.0 Å². The molecule has 0 N–H and O–H groups in total. The second kappa shape index (κ2) is 4.12. The lowest BCUT2D eigenvalue weighted by atomic mass is 10.3. The second-order valence-electron chi connectivity index (χ2n) is 4.24. The lowest BCUT2D eigenvalue weighted by Crippen LogP contribution is -2.20. The molecule has 0 aliphatic heterocycles. The van der Waals surface area contributed by atoms with Gasteiger partial charge in [0.25, 0.3) is 0 Å². The van der Waals surface area contributed by atoms with E-state index in [1.807, 2.05) is 57.4 Å². The molecule has 78 valence electrons. The molecule has 0 fully saturated rings. The zero-order valence-corrected chi connectivity index (χ0v) is 10.9. The Balaban J connectivity index is 3.23. The summed E-state index contributed by atoms with van der Waals surface area (Å²) >= 11 is 1.49. The molecule has 0 aromatic heterocycles. The van der Waals surface area contributed by atoms with Gasteiger partial charge in [0, 0.05) is 10.5 Å². The van der Waals surface area contributed by atoms with Crippen molar-refractivity contribution in [2.24, 2.45) is 0 Å². The summed E-state index contributed by atoms with van der Waals surface area (Å²) in [4.78, 5) is 0. The number of hydrogen-bond donors (Lipinski definition) is 0. The van der Waals surface area contributed by atoms with Crippen molar-refractivity contribution in [3.8, 4) is 0 Å². The molecule has 3 heteroatoms. The van der Waals surface area contributed by atoms with Crippen LogP contribution in [0.15, 0.2) is 30.3 Å². The maximum atomic E-state index is 12.8. The SMILES string of the molecule is CSP(=O)(c1ccccc1)C(C)(C)C. The first-order chi connectivity index (χ1) is 6.42. The molecule has 1 atom stereocenters. The lowest BCUT2D eigenvalue weighted by Gasteiger charge is -2.29. The average molecular weight is 228 g/mol. The van der Waals surface area contributed by atoms with Crippen LogP contribution >= 0.6 is 17.7 Å². The van der Waals surface area contributed by atoms with Gasteiger partial charge in [-0.25, -0.2) is 0 Å². The van der Waals surface area contributed by atoms with E-state index in [4.69, 9.17) is 0 Å². The molecule has 0 aliphatic rings. The molecule has 1 rings (SSSR count). The summed E-state index contributed by atoms with van der Waals surface area (Å²) in [7, 11) is 0. The molecule has 0 spiro atoms. The van der Waals surface area contributed by atoms with Crippen LogP contribution in [0.4, 0.5) is 0 Å². The molecule has 0 bridgehead atoms. The predicted octanol–water partition coefficient (Wildman–Crippen LogP) is 3.75. The standard InChI is InChI=1S/C11H17OPS/c1-11(2,3)13(12,14-4)10-8-6-5-7-9-10/h5-9H,1-4H3. The van der Waals surface area contributed by atoms with Crippen molar-refractivity contribution in [1.82, 2.24) is 0 Å². The van der Waals surface area contributed by atoms with Crippen LogP contribution in [0.3, 0.4) is 0 Å². The van der Waals surface area contributed by atoms with E-state index < -0.39 is 6.34 Å². The molecule has 1 aromatic carbocycles. The minimum absolute atomic E-state index is 0.173. The molecule has 1 unspecified atom stereocenters. The first-order valence-electron chi connectivity index (χ1n) is 4.63. The lowest BCUT2D eigenvalue weighted by molar-refractivity contribution is 0.568. The predicted molar refractivity (Wildman–Crippen MR) is 67.0 cm³/mol. The van der Waals surface area contributed by atoms with Crippen molar-refractivity contribution < 1.29 is 4.57 Å². The van der Waals surface area contributed by atoms with Crippen LogP contribution in [0.5, 0.6) is 0 Å². The molecule has 14 heavy (non-hydrogen) atoms. The second-order valence-corrected chi connectivity index (χ2v) is 10.2. The summed E-state index contributed by atoms with van der Waals surface area (Å²) < 4.78 is 12.8. The fraction of sp³-hybridized carbons (Fsp3) is 0.455. The summed E-state index contributed by atoms with van der Waals surface area (Å²) in [5.41, 5.74) is 0. The van der Waals surface area contributed by atoms with Crippen LogP contribution < -0.4 is 5.30 Å². The van der Waals surface area contributed by atoms with E-state index in [0.29, 0.717) is 0 Å². The van der Waals surface area contributed by atoms with Gasteiger partial charge < -0.3 is 4.57 Å². The summed E-state index contributed by atoms with van der Waals surface area (Å²) in [6, 6.07) is 9.77. The first-order valence-corrected chi connectivity index (χ1v) is 8.17. The normalized spacial score (nSPS) is 16.3. The van der Waals surface area contributed by atoms with Crippen molar-refractivity contribution in [3.63, 3.8) is 0 Å². The molecule has 0 aliphatic carbocycles. The van der Waals surface area contributed by atoms with Crippen LogP contribution in [-0.2, 0) is 4.57 Å². The van der Waals surface area contributed by atoms with Crippen molar-refractivity contribution in [2.45, 2.75) is 25.9 Å². The fourth-order valence-corrected chi connectivity index (χ4v) is 6.13. The smallest absolute Gasteiger partial charge is 0.171 e. The van der Waals surface area contributed by atoms with Crippen LogP contribution in [0.25, 0.3) is 0 Å². The van der Waals surface area contributed by atoms with Crippen molar-refractivity contribution in [2.75, 3.05) is 6.26 Å². The van der Waals surface area contributed by atoms with Gasteiger partial charge in [0.1, 0.15) is 0 Å². The van der Waals surface area contributed by atoms with Gasteiger partial charge in [-0.3, -0.25) is 0 Å². The summed E-state index contributed by atoms with van der Waals surface area (Å²) in [5.74, 6) is 0. The number of benzene rings is 1. The van der Waals surface area contributed by atoms with Gasteiger partial charge in [0.15, 0.2) is 6.34 Å². The molecule has 1 nitrogen and oxygen atoms in total. The molecule has 1 aromatic rings. The fourth-order valence-electron chi connectivity index (χ4n) is 1.39. The van der Waals surface area contributed by atoms with Gasteiger partial charge in [-0.15, -0.1) is 0 Å². The maximum absolute atomic E-state index is 12.8. The Labute approximate surface area is 90.4 Å². The van der Waals surface area contributed by atoms with E-state index >= 15 is 0 Å². The Morgan fingerprint density at radius 2 is 1.64 bits per heavy atom. The van der Waals surface area contributed by atoms with Gasteiger partial charge in [-0.05, 0) is 6.26 Å². The van der Waals surface area contributed by atoms with Gasteiger partial charge in [0.2, 0.25) is 0 Å². The van der Waals surface area contributed by atoms with Crippen molar-refractivity contribution in [1.29, 1.82) is 0 Å². The third-order valence-electron chi connectivity index (χ3n) is 2.24. The minimum atomic E-state index is -2.32. The third kappa shape index (κ3) is 2.07. The highest BCUT2D eigenvalue weighted by molar-refractivity contribution is 8.60. The van der Waals surface area contributed by atoms with Crippen LogP contribution in [0.2, 0.25) is 0 Å². The topological polar surface area (TPSA) is 17.1 Å². The summed E-state index contributed by atoms with van der Waals surface area (Å²) in [5, 5.41) is 0.799. The molecule has 0 saturated carbocycles. The van der Waals surface area contributed by atoms with E-state index in [-0.39, 0.29) is 5.16 Å². The Morgan fingerprint density at radius 3 is 2.00 bits per heavy atom. The van der Waals surface area contributed by atoms with Gasteiger partial charge in [0.05, 0.1) is 0 Å². The molecule has 0 radical (unpaired) electrons. The summed E-state index contributed by atoms with van der Waals surface area (Å²) in [6.07, 6.45) is -0.390. The maximum Gasteiger partial charge on any atom is 0.171 e. The van der Waals surface area contributed by atoms with Crippen LogP contribution in [-0.4, -0.2) is 11.4 Å². The molecule has 0 saturated heterocycles.